The van der Waals surface area contributed by atoms with Crippen molar-refractivity contribution in [3.05, 3.63) is 0 Å². The van der Waals surface area contributed by atoms with Crippen LogP contribution in [0.2, 0.25) is 0 Å². The lowest BCUT2D eigenvalue weighted by atomic mass is 9.92. The zero-order chi connectivity index (χ0) is 9.19. The highest BCUT2D eigenvalue weighted by molar-refractivity contribution is 5.86. The van der Waals surface area contributed by atoms with E-state index in [1.807, 2.05) is 13.8 Å². The molecule has 70 valence electrons. The summed E-state index contributed by atoms with van der Waals surface area (Å²) in [6.07, 6.45) is 0.590. The zero-order valence-electron chi connectivity index (χ0n) is 7.92. The molecular formula is C9H16O3. The molecule has 3 nitrogen and oxygen atoms in total. The average Bonchev–Trinajstić information content (AvgIpc) is 2.34. The lowest BCUT2D eigenvalue weighted by molar-refractivity contribution is -0.148. The van der Waals surface area contributed by atoms with Crippen molar-refractivity contribution in [2.75, 3.05) is 13.2 Å². The molecule has 12 heavy (non-hydrogen) atoms. The number of carbonyl (C=O) groups excluding carboxylic acids is 1. The smallest absolute Gasteiger partial charge is 0.164 e. The molecule has 0 radical (unpaired) electrons. The van der Waals surface area contributed by atoms with Crippen molar-refractivity contribution < 1.29 is 14.3 Å². The summed E-state index contributed by atoms with van der Waals surface area (Å²) in [4.78, 5) is 11.4. The van der Waals surface area contributed by atoms with Crippen molar-refractivity contribution in [1.82, 2.24) is 0 Å². The molecule has 1 saturated heterocycles. The molecule has 0 aromatic rings. The van der Waals surface area contributed by atoms with Gasteiger partial charge in [-0.15, -0.1) is 0 Å². The monoisotopic (exact) mass is 172 g/mol. The van der Waals surface area contributed by atoms with Gasteiger partial charge in [0.05, 0.1) is 12.7 Å². The van der Waals surface area contributed by atoms with Gasteiger partial charge < -0.3 is 9.47 Å². The molecular weight excluding hydrogens is 156 g/mol. The third kappa shape index (κ3) is 1.39. The lowest BCUT2D eigenvalue weighted by Gasteiger charge is -2.28. The molecule has 0 aromatic carbocycles. The summed E-state index contributed by atoms with van der Waals surface area (Å²) >= 11 is 0. The van der Waals surface area contributed by atoms with Crippen LogP contribution < -0.4 is 0 Å². The highest BCUT2D eigenvalue weighted by atomic mass is 16.6. The van der Waals surface area contributed by atoms with Crippen LogP contribution in [0.1, 0.15) is 27.2 Å². The van der Waals surface area contributed by atoms with Gasteiger partial charge in [0.15, 0.2) is 11.4 Å². The zero-order valence-corrected chi connectivity index (χ0v) is 7.92. The van der Waals surface area contributed by atoms with Gasteiger partial charge in [-0.2, -0.15) is 0 Å². The number of hydrogen-bond acceptors (Lipinski definition) is 3. The van der Waals surface area contributed by atoms with Gasteiger partial charge in [0.2, 0.25) is 0 Å². The van der Waals surface area contributed by atoms with Crippen LogP contribution >= 0.6 is 0 Å². The van der Waals surface area contributed by atoms with Gasteiger partial charge in [0.1, 0.15) is 0 Å². The second-order valence-corrected chi connectivity index (χ2v) is 3.14. The third-order valence-corrected chi connectivity index (χ3v) is 2.50. The van der Waals surface area contributed by atoms with Crippen LogP contribution in [-0.2, 0) is 14.3 Å². The van der Waals surface area contributed by atoms with Crippen molar-refractivity contribution in [2.45, 2.75) is 38.9 Å². The normalized spacial score (nSPS) is 35.4. The van der Waals surface area contributed by atoms with Crippen molar-refractivity contribution in [1.29, 1.82) is 0 Å². The minimum atomic E-state index is -0.658. The van der Waals surface area contributed by atoms with Gasteiger partial charge in [-0.25, -0.2) is 0 Å². The van der Waals surface area contributed by atoms with E-state index in [9.17, 15) is 4.79 Å². The van der Waals surface area contributed by atoms with Crippen LogP contribution in [0.3, 0.4) is 0 Å². The maximum atomic E-state index is 11.4. The van der Waals surface area contributed by atoms with Crippen molar-refractivity contribution >= 4 is 5.78 Å². The molecule has 1 aliphatic rings. The molecule has 0 aliphatic carbocycles. The first-order valence-electron chi connectivity index (χ1n) is 4.40. The molecule has 2 atom stereocenters. The van der Waals surface area contributed by atoms with Gasteiger partial charge in [0, 0.05) is 13.0 Å². The van der Waals surface area contributed by atoms with Crippen LogP contribution in [0.4, 0.5) is 0 Å². The highest BCUT2D eigenvalue weighted by Crippen LogP contribution is 2.30. The summed E-state index contributed by atoms with van der Waals surface area (Å²) in [6.45, 7) is 6.55. The standard InChI is InChI=1S/C9H16O3/c1-4-12-9(7(2)10)5-6-11-8(9)3/h8H,4-6H2,1-3H3. The van der Waals surface area contributed by atoms with Gasteiger partial charge in [0.25, 0.3) is 0 Å². The van der Waals surface area contributed by atoms with E-state index < -0.39 is 5.60 Å². The maximum Gasteiger partial charge on any atom is 0.164 e. The SMILES string of the molecule is CCOC1(C(C)=O)CCOC1C. The maximum absolute atomic E-state index is 11.4. The molecule has 0 bridgehead atoms. The Morgan fingerprint density at radius 2 is 2.42 bits per heavy atom. The largest absolute Gasteiger partial charge is 0.375 e. The molecule has 2 unspecified atom stereocenters. The van der Waals surface area contributed by atoms with E-state index in [1.54, 1.807) is 6.92 Å². The Bertz CT molecular complexity index is 179. The Balaban J connectivity index is 2.77. The van der Waals surface area contributed by atoms with E-state index in [1.165, 1.54) is 0 Å². The Labute approximate surface area is 73.0 Å². The first kappa shape index (κ1) is 9.68. The minimum absolute atomic E-state index is 0.0781. The summed E-state index contributed by atoms with van der Waals surface area (Å²) in [5, 5.41) is 0. The second kappa shape index (κ2) is 3.54. The predicted octanol–water partition coefficient (Wildman–Crippen LogP) is 1.16. The molecule has 3 heteroatoms. The Hall–Kier alpha value is -0.410. The predicted molar refractivity (Wildman–Crippen MR) is 45.1 cm³/mol. The van der Waals surface area contributed by atoms with Gasteiger partial charge in [-0.3, -0.25) is 4.79 Å². The quantitative estimate of drug-likeness (QED) is 0.640. The van der Waals surface area contributed by atoms with Crippen molar-refractivity contribution in [2.24, 2.45) is 0 Å². The Kier molecular flexibility index (Phi) is 2.85. The first-order chi connectivity index (χ1) is 5.63. The molecule has 0 spiro atoms. The van der Waals surface area contributed by atoms with E-state index in [-0.39, 0.29) is 11.9 Å². The molecule has 0 saturated carbocycles. The number of rotatable bonds is 3. The Morgan fingerprint density at radius 3 is 2.75 bits per heavy atom. The van der Waals surface area contributed by atoms with Crippen LogP contribution in [0.25, 0.3) is 0 Å². The Morgan fingerprint density at radius 1 is 1.75 bits per heavy atom. The molecule has 1 aliphatic heterocycles. The van der Waals surface area contributed by atoms with Gasteiger partial charge in [-0.05, 0) is 20.8 Å². The van der Waals surface area contributed by atoms with Crippen LogP contribution in [-0.4, -0.2) is 30.7 Å². The topological polar surface area (TPSA) is 35.5 Å². The van der Waals surface area contributed by atoms with E-state index >= 15 is 0 Å². The lowest BCUT2D eigenvalue weighted by Crippen LogP contribution is -2.46. The van der Waals surface area contributed by atoms with Crippen molar-refractivity contribution in [3.63, 3.8) is 0 Å². The molecule has 1 rings (SSSR count). The van der Waals surface area contributed by atoms with E-state index in [2.05, 4.69) is 0 Å². The second-order valence-electron chi connectivity index (χ2n) is 3.14. The summed E-state index contributed by atoms with van der Waals surface area (Å²) in [6, 6.07) is 0. The number of carbonyl (C=O) groups is 1. The first-order valence-corrected chi connectivity index (χ1v) is 4.40. The fraction of sp³-hybridized carbons (Fsp3) is 0.889. The number of ketones is 1. The van der Waals surface area contributed by atoms with Crippen LogP contribution in [0.5, 0.6) is 0 Å². The summed E-state index contributed by atoms with van der Waals surface area (Å²) in [7, 11) is 0. The summed E-state index contributed by atoms with van der Waals surface area (Å²) in [5.41, 5.74) is -0.658. The minimum Gasteiger partial charge on any atom is -0.375 e. The fourth-order valence-corrected chi connectivity index (χ4v) is 1.74. The van der Waals surface area contributed by atoms with Gasteiger partial charge in [-0.1, -0.05) is 0 Å². The average molecular weight is 172 g/mol. The summed E-state index contributed by atoms with van der Waals surface area (Å²) in [5.74, 6) is 0.0781. The van der Waals surface area contributed by atoms with Crippen molar-refractivity contribution in [3.8, 4) is 0 Å². The number of Topliss-reactive ketones (excluding diaryl/α,β-unsaturated/α-hetero) is 1. The van der Waals surface area contributed by atoms with Crippen LogP contribution in [0, 0.1) is 0 Å². The molecule has 1 fully saturated rings. The highest BCUT2D eigenvalue weighted by Gasteiger charge is 2.46. The molecule has 0 N–H and O–H groups in total. The van der Waals surface area contributed by atoms with Crippen LogP contribution in [0.15, 0.2) is 0 Å². The summed E-state index contributed by atoms with van der Waals surface area (Å²) < 4.78 is 10.8. The fourth-order valence-electron chi connectivity index (χ4n) is 1.74. The van der Waals surface area contributed by atoms with E-state index in [0.29, 0.717) is 19.6 Å². The molecule has 0 amide bonds. The number of ether oxygens (including phenoxy) is 2. The number of hydrogen-bond donors (Lipinski definition) is 0. The van der Waals surface area contributed by atoms with E-state index in [0.717, 1.165) is 0 Å². The van der Waals surface area contributed by atoms with E-state index in [4.69, 9.17) is 9.47 Å². The molecule has 1 heterocycles. The molecule has 0 aromatic heterocycles. The van der Waals surface area contributed by atoms with Gasteiger partial charge >= 0.3 is 0 Å². The third-order valence-electron chi connectivity index (χ3n) is 2.50.